The molecular weight excluding hydrogens is 188 g/mol. The van der Waals surface area contributed by atoms with E-state index in [0.717, 1.165) is 18.7 Å². The molecule has 84 valence electrons. The van der Waals surface area contributed by atoms with Crippen molar-refractivity contribution in [1.82, 2.24) is 0 Å². The van der Waals surface area contributed by atoms with Crippen LogP contribution >= 0.6 is 0 Å². The van der Waals surface area contributed by atoms with Crippen LogP contribution in [-0.2, 0) is 0 Å². The van der Waals surface area contributed by atoms with E-state index in [4.69, 9.17) is 10.8 Å². The topological polar surface area (TPSA) is 49.5 Å². The van der Waals surface area contributed by atoms with Crippen LogP contribution in [0.15, 0.2) is 24.3 Å². The van der Waals surface area contributed by atoms with Crippen molar-refractivity contribution >= 4 is 5.69 Å². The van der Waals surface area contributed by atoms with Gasteiger partial charge in [-0.2, -0.15) is 0 Å². The van der Waals surface area contributed by atoms with Gasteiger partial charge in [-0.05, 0) is 37.6 Å². The fraction of sp³-hybridized carbons (Fsp3) is 0.500. The summed E-state index contributed by atoms with van der Waals surface area (Å²) in [5.74, 6) is 0. The molecule has 0 saturated carbocycles. The van der Waals surface area contributed by atoms with Crippen LogP contribution in [0.5, 0.6) is 0 Å². The highest BCUT2D eigenvalue weighted by Crippen LogP contribution is 2.15. The Bertz CT molecular complexity index is 289. The monoisotopic (exact) mass is 208 g/mol. The predicted octanol–water partition coefficient (Wildman–Crippen LogP) is 1.14. The van der Waals surface area contributed by atoms with E-state index >= 15 is 0 Å². The van der Waals surface area contributed by atoms with Crippen molar-refractivity contribution in [3.63, 3.8) is 0 Å². The van der Waals surface area contributed by atoms with Gasteiger partial charge in [-0.15, -0.1) is 0 Å². The largest absolute Gasteiger partial charge is 0.395 e. The maximum absolute atomic E-state index is 8.99. The smallest absolute Gasteiger partial charge is 0.0606 e. The highest BCUT2D eigenvalue weighted by molar-refractivity contribution is 5.48. The molecule has 0 bridgehead atoms. The Hall–Kier alpha value is -1.06. The van der Waals surface area contributed by atoms with Crippen molar-refractivity contribution < 1.29 is 5.11 Å². The highest BCUT2D eigenvalue weighted by atomic mass is 16.3. The third-order valence-corrected chi connectivity index (χ3v) is 2.37. The van der Waals surface area contributed by atoms with Crippen LogP contribution < -0.4 is 10.6 Å². The molecule has 0 aliphatic heterocycles. The van der Waals surface area contributed by atoms with Gasteiger partial charge in [-0.1, -0.05) is 12.1 Å². The van der Waals surface area contributed by atoms with E-state index in [1.165, 1.54) is 5.56 Å². The fourth-order valence-corrected chi connectivity index (χ4v) is 1.60. The third kappa shape index (κ3) is 3.90. The van der Waals surface area contributed by atoms with E-state index in [2.05, 4.69) is 30.0 Å². The molecule has 1 aromatic carbocycles. The Morgan fingerprint density at radius 1 is 1.33 bits per heavy atom. The number of hydrogen-bond donors (Lipinski definition) is 2. The molecule has 3 nitrogen and oxygen atoms in total. The lowest BCUT2D eigenvalue weighted by Crippen LogP contribution is -2.29. The molecule has 0 radical (unpaired) electrons. The van der Waals surface area contributed by atoms with Crippen LogP contribution in [0.1, 0.15) is 12.0 Å². The number of aliphatic hydroxyl groups excluding tert-OH is 1. The molecule has 0 aromatic heterocycles. The van der Waals surface area contributed by atoms with Gasteiger partial charge >= 0.3 is 0 Å². The average molecular weight is 208 g/mol. The van der Waals surface area contributed by atoms with E-state index in [1.54, 1.807) is 0 Å². The molecular formula is C12H20N2O. The van der Waals surface area contributed by atoms with Crippen LogP contribution in [0.3, 0.4) is 0 Å². The summed E-state index contributed by atoms with van der Waals surface area (Å²) in [7, 11) is 0. The second kappa shape index (κ2) is 6.43. The molecule has 3 heteroatoms. The molecule has 0 spiro atoms. The molecule has 0 aliphatic carbocycles. The van der Waals surface area contributed by atoms with Crippen LogP contribution in [0.25, 0.3) is 0 Å². The maximum atomic E-state index is 8.99. The third-order valence-electron chi connectivity index (χ3n) is 2.37. The average Bonchev–Trinajstić information content (AvgIpc) is 2.24. The highest BCUT2D eigenvalue weighted by Gasteiger charge is 2.04. The molecule has 0 unspecified atom stereocenters. The SMILES string of the molecule is Cc1cccc(N(CCO)CCCN)c1. The zero-order chi connectivity index (χ0) is 11.1. The van der Waals surface area contributed by atoms with Gasteiger partial charge < -0.3 is 15.7 Å². The Morgan fingerprint density at radius 2 is 2.13 bits per heavy atom. The van der Waals surface area contributed by atoms with Crippen LogP contribution in [-0.4, -0.2) is 31.3 Å². The molecule has 0 amide bonds. The summed E-state index contributed by atoms with van der Waals surface area (Å²) in [6.45, 7) is 4.51. The van der Waals surface area contributed by atoms with E-state index in [1.807, 2.05) is 6.07 Å². The molecule has 3 N–H and O–H groups in total. The van der Waals surface area contributed by atoms with Gasteiger partial charge in [0.1, 0.15) is 0 Å². The normalized spacial score (nSPS) is 10.3. The van der Waals surface area contributed by atoms with Crippen molar-refractivity contribution in [2.24, 2.45) is 5.73 Å². The number of anilines is 1. The van der Waals surface area contributed by atoms with Gasteiger partial charge in [0.15, 0.2) is 0 Å². The zero-order valence-corrected chi connectivity index (χ0v) is 9.32. The van der Waals surface area contributed by atoms with Crippen LogP contribution in [0, 0.1) is 6.92 Å². The summed E-state index contributed by atoms with van der Waals surface area (Å²) in [6.07, 6.45) is 0.952. The number of benzene rings is 1. The van der Waals surface area contributed by atoms with Gasteiger partial charge in [0, 0.05) is 18.8 Å². The molecule has 0 aliphatic rings. The Morgan fingerprint density at radius 3 is 2.73 bits per heavy atom. The van der Waals surface area contributed by atoms with Crippen molar-refractivity contribution in [2.75, 3.05) is 31.1 Å². The molecule has 0 saturated heterocycles. The predicted molar refractivity (Wildman–Crippen MR) is 64.1 cm³/mol. The summed E-state index contributed by atoms with van der Waals surface area (Å²) >= 11 is 0. The van der Waals surface area contributed by atoms with Gasteiger partial charge in [0.25, 0.3) is 0 Å². The van der Waals surface area contributed by atoms with E-state index in [9.17, 15) is 0 Å². The van der Waals surface area contributed by atoms with Crippen molar-refractivity contribution in [3.8, 4) is 0 Å². The maximum Gasteiger partial charge on any atom is 0.0606 e. The zero-order valence-electron chi connectivity index (χ0n) is 9.32. The molecule has 15 heavy (non-hydrogen) atoms. The minimum absolute atomic E-state index is 0.179. The first-order valence-corrected chi connectivity index (χ1v) is 5.40. The number of aliphatic hydroxyl groups is 1. The summed E-state index contributed by atoms with van der Waals surface area (Å²) in [6, 6.07) is 8.31. The van der Waals surface area contributed by atoms with Crippen LogP contribution in [0.4, 0.5) is 5.69 Å². The van der Waals surface area contributed by atoms with Crippen LogP contribution in [0.2, 0.25) is 0 Å². The van der Waals surface area contributed by atoms with E-state index in [0.29, 0.717) is 13.1 Å². The standard InChI is InChI=1S/C12H20N2O/c1-11-4-2-5-12(10-11)14(8-9-15)7-3-6-13/h2,4-5,10,15H,3,6-9,13H2,1H3. The molecule has 0 atom stereocenters. The lowest BCUT2D eigenvalue weighted by atomic mass is 10.2. The lowest BCUT2D eigenvalue weighted by molar-refractivity contribution is 0.301. The van der Waals surface area contributed by atoms with Gasteiger partial charge in [0.05, 0.1) is 6.61 Å². The Labute approximate surface area is 91.5 Å². The number of nitrogens with two attached hydrogens (primary N) is 1. The molecule has 1 aromatic rings. The van der Waals surface area contributed by atoms with E-state index in [-0.39, 0.29) is 6.61 Å². The first-order chi connectivity index (χ1) is 7.27. The number of rotatable bonds is 6. The Balaban J connectivity index is 2.69. The first-order valence-electron chi connectivity index (χ1n) is 5.40. The quantitative estimate of drug-likeness (QED) is 0.737. The van der Waals surface area contributed by atoms with Gasteiger partial charge in [-0.3, -0.25) is 0 Å². The fourth-order valence-electron chi connectivity index (χ4n) is 1.60. The number of hydrogen-bond acceptors (Lipinski definition) is 3. The molecule has 1 rings (SSSR count). The second-order valence-electron chi connectivity index (χ2n) is 3.69. The second-order valence-corrected chi connectivity index (χ2v) is 3.69. The summed E-state index contributed by atoms with van der Waals surface area (Å²) < 4.78 is 0. The number of nitrogens with zero attached hydrogens (tertiary/aromatic N) is 1. The van der Waals surface area contributed by atoms with Gasteiger partial charge in [0.2, 0.25) is 0 Å². The Kier molecular flexibility index (Phi) is 5.15. The first kappa shape index (κ1) is 12.0. The number of aryl methyl sites for hydroxylation is 1. The summed E-state index contributed by atoms with van der Waals surface area (Å²) in [4.78, 5) is 2.17. The molecule has 0 heterocycles. The minimum Gasteiger partial charge on any atom is -0.395 e. The van der Waals surface area contributed by atoms with Gasteiger partial charge in [-0.25, -0.2) is 0 Å². The summed E-state index contributed by atoms with van der Waals surface area (Å²) in [5.41, 5.74) is 7.90. The van der Waals surface area contributed by atoms with Crippen molar-refractivity contribution in [3.05, 3.63) is 29.8 Å². The van der Waals surface area contributed by atoms with E-state index < -0.39 is 0 Å². The van der Waals surface area contributed by atoms with Crippen molar-refractivity contribution in [1.29, 1.82) is 0 Å². The molecule has 0 fully saturated rings. The summed E-state index contributed by atoms with van der Waals surface area (Å²) in [5, 5.41) is 8.99. The lowest BCUT2D eigenvalue weighted by Gasteiger charge is -2.24. The minimum atomic E-state index is 0.179. The van der Waals surface area contributed by atoms with Crippen molar-refractivity contribution in [2.45, 2.75) is 13.3 Å².